The van der Waals surface area contributed by atoms with Gasteiger partial charge in [0.1, 0.15) is 5.82 Å². The normalized spacial score (nSPS) is 11.8. The summed E-state index contributed by atoms with van der Waals surface area (Å²) in [6.07, 6.45) is 1.76. The molecule has 4 heteroatoms. The topological polar surface area (TPSA) is 32.3 Å². The van der Waals surface area contributed by atoms with Gasteiger partial charge in [-0.25, -0.2) is 4.39 Å². The molecule has 102 valence electrons. The van der Waals surface area contributed by atoms with Gasteiger partial charge in [0, 0.05) is 29.7 Å². The summed E-state index contributed by atoms with van der Waals surface area (Å²) in [5.74, 6) is -0.190. The summed E-state index contributed by atoms with van der Waals surface area (Å²) >= 11 is 3.24. The number of halogens is 2. The lowest BCUT2D eigenvalue weighted by Gasteiger charge is -2.24. The van der Waals surface area contributed by atoms with Crippen LogP contribution in [0.15, 0.2) is 22.7 Å². The summed E-state index contributed by atoms with van der Waals surface area (Å²) < 4.78 is 14.3. The standard InChI is InChI=1S/C14H21BrFNO/c1-14(2,6-3-7-18)10-17-9-11-4-5-12(15)8-13(11)16/h4-5,8,17-18H,3,6-7,9-10H2,1-2H3. The van der Waals surface area contributed by atoms with Gasteiger partial charge in [0.2, 0.25) is 0 Å². The van der Waals surface area contributed by atoms with Crippen LogP contribution in [0.5, 0.6) is 0 Å². The highest BCUT2D eigenvalue weighted by molar-refractivity contribution is 9.10. The highest BCUT2D eigenvalue weighted by Gasteiger charge is 2.16. The minimum absolute atomic E-state index is 0.120. The molecule has 1 rings (SSSR count). The van der Waals surface area contributed by atoms with Crippen molar-refractivity contribution in [3.8, 4) is 0 Å². The zero-order chi connectivity index (χ0) is 13.6. The van der Waals surface area contributed by atoms with Crippen molar-refractivity contribution in [3.05, 3.63) is 34.1 Å². The summed E-state index contributed by atoms with van der Waals surface area (Å²) in [5, 5.41) is 12.1. The lowest BCUT2D eigenvalue weighted by molar-refractivity contribution is 0.236. The Balaban J connectivity index is 2.41. The number of hydrogen-bond acceptors (Lipinski definition) is 2. The monoisotopic (exact) mass is 317 g/mol. The second-order valence-electron chi connectivity index (χ2n) is 5.33. The molecule has 0 aliphatic carbocycles. The summed E-state index contributed by atoms with van der Waals surface area (Å²) in [5.41, 5.74) is 0.797. The molecule has 1 aromatic carbocycles. The Morgan fingerprint density at radius 2 is 2.11 bits per heavy atom. The molecule has 1 aromatic rings. The Morgan fingerprint density at radius 3 is 2.72 bits per heavy atom. The first-order chi connectivity index (χ1) is 8.44. The van der Waals surface area contributed by atoms with Crippen LogP contribution in [0.4, 0.5) is 4.39 Å². The van der Waals surface area contributed by atoms with Crippen molar-refractivity contribution in [2.45, 2.75) is 33.2 Å². The van der Waals surface area contributed by atoms with Crippen molar-refractivity contribution in [2.24, 2.45) is 5.41 Å². The fourth-order valence-electron chi connectivity index (χ4n) is 1.85. The molecule has 0 saturated heterocycles. The smallest absolute Gasteiger partial charge is 0.128 e. The van der Waals surface area contributed by atoms with Crippen molar-refractivity contribution in [2.75, 3.05) is 13.2 Å². The van der Waals surface area contributed by atoms with Crippen molar-refractivity contribution < 1.29 is 9.50 Å². The van der Waals surface area contributed by atoms with Crippen molar-refractivity contribution in [1.29, 1.82) is 0 Å². The molecule has 18 heavy (non-hydrogen) atoms. The van der Waals surface area contributed by atoms with Crippen LogP contribution in [0, 0.1) is 11.2 Å². The molecular weight excluding hydrogens is 297 g/mol. The molecule has 0 aromatic heterocycles. The average Bonchev–Trinajstić information content (AvgIpc) is 2.29. The van der Waals surface area contributed by atoms with Gasteiger partial charge in [0.05, 0.1) is 0 Å². The highest BCUT2D eigenvalue weighted by atomic mass is 79.9. The number of hydrogen-bond donors (Lipinski definition) is 2. The van der Waals surface area contributed by atoms with E-state index in [1.165, 1.54) is 6.07 Å². The zero-order valence-corrected chi connectivity index (χ0v) is 12.6. The predicted molar refractivity (Wildman–Crippen MR) is 75.9 cm³/mol. The molecule has 0 fully saturated rings. The van der Waals surface area contributed by atoms with E-state index < -0.39 is 0 Å². The Kier molecular flexibility index (Phi) is 6.26. The predicted octanol–water partition coefficient (Wildman–Crippen LogP) is 3.48. The van der Waals surface area contributed by atoms with E-state index in [-0.39, 0.29) is 17.8 Å². The molecule has 0 saturated carbocycles. The van der Waals surface area contributed by atoms with Crippen LogP contribution in [0.3, 0.4) is 0 Å². The second kappa shape index (κ2) is 7.22. The number of aliphatic hydroxyl groups is 1. The van der Waals surface area contributed by atoms with Crippen LogP contribution < -0.4 is 5.32 Å². The number of nitrogens with one attached hydrogen (secondary N) is 1. The molecule has 0 amide bonds. The third-order valence-electron chi connectivity index (χ3n) is 2.95. The first kappa shape index (κ1) is 15.6. The maximum atomic E-state index is 13.6. The van der Waals surface area contributed by atoms with E-state index >= 15 is 0 Å². The van der Waals surface area contributed by atoms with E-state index in [4.69, 9.17) is 5.11 Å². The number of benzene rings is 1. The van der Waals surface area contributed by atoms with E-state index in [0.717, 1.165) is 23.9 Å². The molecule has 2 nitrogen and oxygen atoms in total. The third-order valence-corrected chi connectivity index (χ3v) is 3.44. The number of aliphatic hydroxyl groups excluding tert-OH is 1. The minimum Gasteiger partial charge on any atom is -0.396 e. The fourth-order valence-corrected chi connectivity index (χ4v) is 2.18. The second-order valence-corrected chi connectivity index (χ2v) is 6.25. The molecule has 0 radical (unpaired) electrons. The molecule has 0 unspecified atom stereocenters. The molecule has 0 atom stereocenters. The molecule has 0 aliphatic heterocycles. The number of rotatable bonds is 7. The van der Waals surface area contributed by atoms with E-state index in [9.17, 15) is 4.39 Å². The van der Waals surface area contributed by atoms with Gasteiger partial charge in [-0.3, -0.25) is 0 Å². The van der Waals surface area contributed by atoms with Crippen molar-refractivity contribution in [3.63, 3.8) is 0 Å². The molecule has 0 aliphatic rings. The van der Waals surface area contributed by atoms with Gasteiger partial charge in [-0.2, -0.15) is 0 Å². The summed E-state index contributed by atoms with van der Waals surface area (Å²) in [7, 11) is 0. The first-order valence-corrected chi connectivity index (χ1v) is 6.99. The minimum atomic E-state index is -0.190. The molecule has 2 N–H and O–H groups in total. The van der Waals surface area contributed by atoms with Gasteiger partial charge >= 0.3 is 0 Å². The Hall–Kier alpha value is -0.450. The van der Waals surface area contributed by atoms with Gasteiger partial charge in [0.15, 0.2) is 0 Å². The van der Waals surface area contributed by atoms with Gasteiger partial charge in [-0.15, -0.1) is 0 Å². The van der Waals surface area contributed by atoms with Crippen LogP contribution in [-0.2, 0) is 6.54 Å². The quantitative estimate of drug-likeness (QED) is 0.807. The molecular formula is C14H21BrFNO. The summed E-state index contributed by atoms with van der Waals surface area (Å²) in [6, 6.07) is 5.11. The van der Waals surface area contributed by atoms with E-state index in [2.05, 4.69) is 35.1 Å². The average molecular weight is 318 g/mol. The zero-order valence-electron chi connectivity index (χ0n) is 11.0. The van der Waals surface area contributed by atoms with Crippen molar-refractivity contribution in [1.82, 2.24) is 5.32 Å². The Morgan fingerprint density at radius 1 is 1.39 bits per heavy atom. The summed E-state index contributed by atoms with van der Waals surface area (Å²) in [6.45, 7) is 5.86. The molecule has 0 heterocycles. The molecule has 0 bridgehead atoms. The van der Waals surface area contributed by atoms with Crippen LogP contribution in [-0.4, -0.2) is 18.3 Å². The molecule has 0 spiro atoms. The highest BCUT2D eigenvalue weighted by Crippen LogP contribution is 2.21. The van der Waals surface area contributed by atoms with Gasteiger partial charge < -0.3 is 10.4 Å². The third kappa shape index (κ3) is 5.46. The Bertz CT molecular complexity index is 382. The SMILES string of the molecule is CC(C)(CCCO)CNCc1ccc(Br)cc1F. The van der Waals surface area contributed by atoms with E-state index in [1.807, 2.05) is 6.07 Å². The van der Waals surface area contributed by atoms with E-state index in [0.29, 0.717) is 12.1 Å². The van der Waals surface area contributed by atoms with Gasteiger partial charge in [-0.05, 0) is 30.4 Å². The maximum Gasteiger partial charge on any atom is 0.128 e. The van der Waals surface area contributed by atoms with Gasteiger partial charge in [-0.1, -0.05) is 35.8 Å². The summed E-state index contributed by atoms with van der Waals surface area (Å²) in [4.78, 5) is 0. The fraction of sp³-hybridized carbons (Fsp3) is 0.571. The Labute approximate surface area is 117 Å². The van der Waals surface area contributed by atoms with Crippen LogP contribution in [0.2, 0.25) is 0 Å². The van der Waals surface area contributed by atoms with Gasteiger partial charge in [0.25, 0.3) is 0 Å². The van der Waals surface area contributed by atoms with Crippen LogP contribution >= 0.6 is 15.9 Å². The van der Waals surface area contributed by atoms with Crippen LogP contribution in [0.25, 0.3) is 0 Å². The van der Waals surface area contributed by atoms with Crippen molar-refractivity contribution >= 4 is 15.9 Å². The largest absolute Gasteiger partial charge is 0.396 e. The van der Waals surface area contributed by atoms with E-state index in [1.54, 1.807) is 6.07 Å². The van der Waals surface area contributed by atoms with Crippen LogP contribution in [0.1, 0.15) is 32.3 Å². The first-order valence-electron chi connectivity index (χ1n) is 6.20. The lowest BCUT2D eigenvalue weighted by atomic mass is 9.88. The lowest BCUT2D eigenvalue weighted by Crippen LogP contribution is -2.29. The maximum absolute atomic E-state index is 13.6.